The zero-order valence-electron chi connectivity index (χ0n) is 30.9. The Bertz CT molecular complexity index is 2880. The van der Waals surface area contributed by atoms with Crippen LogP contribution < -0.4 is 0 Å². The Hall–Kier alpha value is -7.74. The molecule has 57 heavy (non-hydrogen) atoms. The summed E-state index contributed by atoms with van der Waals surface area (Å²) >= 11 is 0. The first-order chi connectivity index (χ1) is 28.2. The van der Waals surface area contributed by atoms with E-state index in [1.54, 1.807) is 0 Å². The van der Waals surface area contributed by atoms with E-state index in [0.29, 0.717) is 23.0 Å². The second-order valence-electron chi connectivity index (χ2n) is 14.3. The van der Waals surface area contributed by atoms with Crippen molar-refractivity contribution in [1.29, 1.82) is 5.26 Å². The fourth-order valence-corrected chi connectivity index (χ4v) is 8.42. The fraction of sp³-hybridized carbons (Fsp3) is 0.0189. The van der Waals surface area contributed by atoms with Crippen molar-refractivity contribution in [3.05, 3.63) is 234 Å². The number of nitriles is 1. The third-order valence-electron chi connectivity index (χ3n) is 11.1. The van der Waals surface area contributed by atoms with Gasteiger partial charge in [-0.25, -0.2) is 15.0 Å². The standard InChI is InChI=1S/C53H34N4/c54-35-36-25-27-39(28-26-36)45-33-46-44-23-13-14-24-48(44)53(42-19-9-3-10-20-42,43-21-11-4-12-22-43)49(46)34-47(45)52-56-50(40-17-7-2-8-18-40)55-51(57-52)41-31-29-38(30-32-41)37-15-5-1-6-16-37/h1-34H. The molecule has 0 aliphatic heterocycles. The van der Waals surface area contributed by atoms with Crippen LogP contribution in [0.25, 0.3) is 67.5 Å². The Kier molecular flexibility index (Phi) is 8.39. The van der Waals surface area contributed by atoms with E-state index in [4.69, 9.17) is 15.0 Å². The molecule has 1 aliphatic carbocycles. The largest absolute Gasteiger partial charge is 0.208 e. The van der Waals surface area contributed by atoms with Crippen molar-refractivity contribution in [2.45, 2.75) is 5.41 Å². The third kappa shape index (κ3) is 5.82. The molecule has 1 aromatic heterocycles. The van der Waals surface area contributed by atoms with Gasteiger partial charge in [-0.3, -0.25) is 0 Å². The van der Waals surface area contributed by atoms with Crippen molar-refractivity contribution in [2.75, 3.05) is 0 Å². The van der Waals surface area contributed by atoms with Gasteiger partial charge in [0.15, 0.2) is 17.5 Å². The molecule has 0 bridgehead atoms. The lowest BCUT2D eigenvalue weighted by Gasteiger charge is -2.34. The van der Waals surface area contributed by atoms with E-state index >= 15 is 0 Å². The van der Waals surface area contributed by atoms with E-state index in [0.717, 1.165) is 50.1 Å². The lowest BCUT2D eigenvalue weighted by atomic mass is 9.67. The van der Waals surface area contributed by atoms with Crippen LogP contribution in [0.5, 0.6) is 0 Å². The van der Waals surface area contributed by atoms with Crippen LogP contribution in [0.2, 0.25) is 0 Å². The van der Waals surface area contributed by atoms with Crippen LogP contribution in [0, 0.1) is 11.3 Å². The van der Waals surface area contributed by atoms with Crippen LogP contribution in [-0.2, 0) is 5.41 Å². The van der Waals surface area contributed by atoms with Crippen molar-refractivity contribution in [2.24, 2.45) is 0 Å². The molecular weight excluding hydrogens is 693 g/mol. The van der Waals surface area contributed by atoms with E-state index in [9.17, 15) is 5.26 Å². The Balaban J connectivity index is 1.27. The topological polar surface area (TPSA) is 62.5 Å². The average Bonchev–Trinajstić information content (AvgIpc) is 3.60. The highest BCUT2D eigenvalue weighted by Crippen LogP contribution is 2.57. The summed E-state index contributed by atoms with van der Waals surface area (Å²) in [5.41, 5.74) is 13.9. The molecule has 0 saturated heterocycles. The molecule has 0 unspecified atom stereocenters. The van der Waals surface area contributed by atoms with Crippen LogP contribution in [0.1, 0.15) is 27.8 Å². The molecule has 4 nitrogen and oxygen atoms in total. The predicted molar refractivity (Wildman–Crippen MR) is 229 cm³/mol. The summed E-state index contributed by atoms with van der Waals surface area (Å²) in [6, 6.07) is 74.0. The van der Waals surface area contributed by atoms with Gasteiger partial charge in [-0.1, -0.05) is 182 Å². The minimum absolute atomic E-state index is 0.569. The number of rotatable bonds is 7. The number of benzene rings is 8. The molecule has 4 heteroatoms. The van der Waals surface area contributed by atoms with Gasteiger partial charge >= 0.3 is 0 Å². The molecule has 8 aromatic carbocycles. The Morgan fingerprint density at radius 2 is 0.789 bits per heavy atom. The first-order valence-electron chi connectivity index (χ1n) is 19.1. The second kappa shape index (κ2) is 14.2. The lowest BCUT2D eigenvalue weighted by Crippen LogP contribution is -2.28. The van der Waals surface area contributed by atoms with Gasteiger partial charge in [-0.05, 0) is 79.9 Å². The van der Waals surface area contributed by atoms with Gasteiger partial charge in [0.05, 0.1) is 17.0 Å². The molecule has 0 amide bonds. The van der Waals surface area contributed by atoms with Crippen molar-refractivity contribution in [1.82, 2.24) is 15.0 Å². The zero-order valence-corrected chi connectivity index (χ0v) is 30.9. The maximum Gasteiger partial charge on any atom is 0.164 e. The number of nitrogens with zero attached hydrogens (tertiary/aromatic N) is 4. The van der Waals surface area contributed by atoms with Crippen molar-refractivity contribution in [3.8, 4) is 73.6 Å². The minimum atomic E-state index is -0.613. The molecule has 0 saturated carbocycles. The molecular formula is C53H34N4. The van der Waals surface area contributed by atoms with Crippen molar-refractivity contribution < 1.29 is 0 Å². The summed E-state index contributed by atoms with van der Waals surface area (Å²) in [5.74, 6) is 1.75. The molecule has 1 aliphatic rings. The van der Waals surface area contributed by atoms with Crippen molar-refractivity contribution >= 4 is 0 Å². The quantitative estimate of drug-likeness (QED) is 0.164. The molecule has 0 radical (unpaired) electrons. The highest BCUT2D eigenvalue weighted by molar-refractivity contribution is 5.94. The van der Waals surface area contributed by atoms with E-state index in [2.05, 4.69) is 152 Å². The molecule has 0 N–H and O–H groups in total. The normalized spacial score (nSPS) is 12.3. The Morgan fingerprint density at radius 1 is 0.333 bits per heavy atom. The first-order valence-corrected chi connectivity index (χ1v) is 19.1. The summed E-state index contributed by atoms with van der Waals surface area (Å²) < 4.78 is 0. The minimum Gasteiger partial charge on any atom is -0.208 e. The fourth-order valence-electron chi connectivity index (χ4n) is 8.42. The summed E-state index contributed by atoms with van der Waals surface area (Å²) in [6.07, 6.45) is 0. The Morgan fingerprint density at radius 3 is 1.39 bits per heavy atom. The van der Waals surface area contributed by atoms with Crippen LogP contribution in [-0.4, -0.2) is 15.0 Å². The molecule has 266 valence electrons. The molecule has 0 atom stereocenters. The summed E-state index contributed by atoms with van der Waals surface area (Å²) in [7, 11) is 0. The monoisotopic (exact) mass is 726 g/mol. The molecule has 0 spiro atoms. The van der Waals surface area contributed by atoms with E-state index in [1.807, 2.05) is 60.7 Å². The van der Waals surface area contributed by atoms with Crippen LogP contribution in [0.4, 0.5) is 0 Å². The highest BCUT2D eigenvalue weighted by atomic mass is 15.0. The molecule has 0 fully saturated rings. The van der Waals surface area contributed by atoms with E-state index < -0.39 is 5.41 Å². The van der Waals surface area contributed by atoms with E-state index in [-0.39, 0.29) is 0 Å². The lowest BCUT2D eigenvalue weighted by molar-refractivity contribution is 0.768. The number of hydrogen-bond acceptors (Lipinski definition) is 4. The van der Waals surface area contributed by atoms with Gasteiger partial charge in [-0.15, -0.1) is 0 Å². The predicted octanol–water partition coefficient (Wildman–Crippen LogP) is 12.4. The first kappa shape index (κ1) is 33.8. The number of aromatic nitrogens is 3. The van der Waals surface area contributed by atoms with Gasteiger partial charge in [0.2, 0.25) is 0 Å². The third-order valence-corrected chi connectivity index (χ3v) is 11.1. The maximum atomic E-state index is 9.72. The molecule has 10 rings (SSSR count). The number of fused-ring (bicyclic) bond motifs is 3. The highest BCUT2D eigenvalue weighted by Gasteiger charge is 2.46. The van der Waals surface area contributed by atoms with Gasteiger partial charge in [0.25, 0.3) is 0 Å². The zero-order chi connectivity index (χ0) is 38.2. The Labute approximate surface area is 332 Å². The summed E-state index contributed by atoms with van der Waals surface area (Å²) in [5, 5.41) is 9.72. The van der Waals surface area contributed by atoms with Gasteiger partial charge in [0.1, 0.15) is 0 Å². The maximum absolute atomic E-state index is 9.72. The van der Waals surface area contributed by atoms with Gasteiger partial charge < -0.3 is 0 Å². The van der Waals surface area contributed by atoms with Crippen LogP contribution in [0.3, 0.4) is 0 Å². The average molecular weight is 727 g/mol. The molecule has 9 aromatic rings. The van der Waals surface area contributed by atoms with Crippen molar-refractivity contribution in [3.63, 3.8) is 0 Å². The van der Waals surface area contributed by atoms with Gasteiger partial charge in [-0.2, -0.15) is 5.26 Å². The number of hydrogen-bond donors (Lipinski definition) is 0. The van der Waals surface area contributed by atoms with E-state index in [1.165, 1.54) is 22.3 Å². The van der Waals surface area contributed by atoms with Crippen LogP contribution >= 0.6 is 0 Å². The molecule has 1 heterocycles. The smallest absolute Gasteiger partial charge is 0.164 e. The SMILES string of the molecule is N#Cc1ccc(-c2cc3c(cc2-c2nc(-c4ccccc4)nc(-c4ccc(-c5ccccc5)cc4)n2)C(c2ccccc2)(c2ccccc2)c2ccccc2-3)cc1. The van der Waals surface area contributed by atoms with Crippen LogP contribution in [0.15, 0.2) is 206 Å². The summed E-state index contributed by atoms with van der Waals surface area (Å²) in [6.45, 7) is 0. The second-order valence-corrected chi connectivity index (χ2v) is 14.3. The summed E-state index contributed by atoms with van der Waals surface area (Å²) in [4.78, 5) is 15.7. The van der Waals surface area contributed by atoms with Gasteiger partial charge in [0, 0.05) is 16.7 Å².